The lowest BCUT2D eigenvalue weighted by atomic mass is 10.2. The number of nitrogens with zero attached hydrogens (tertiary/aromatic N) is 1. The summed E-state index contributed by atoms with van der Waals surface area (Å²) in [5, 5.41) is 1.48. The van der Waals surface area contributed by atoms with Crippen LogP contribution in [-0.2, 0) is 6.54 Å². The van der Waals surface area contributed by atoms with Gasteiger partial charge < -0.3 is 11.5 Å². The molecule has 6 N–H and O–H groups in total. The van der Waals surface area contributed by atoms with Crippen LogP contribution >= 0.6 is 12.2 Å². The SMILES string of the molecule is NC(=S)N(N)Cc1ccc(N)cc1. The molecule has 0 aliphatic heterocycles. The molecule has 1 aromatic carbocycles. The van der Waals surface area contributed by atoms with Crippen LogP contribution in [0.2, 0.25) is 0 Å². The average Bonchev–Trinajstić information content (AvgIpc) is 2.08. The third kappa shape index (κ3) is 2.89. The number of hydrogen-bond donors (Lipinski definition) is 3. The van der Waals surface area contributed by atoms with Crippen LogP contribution in [0.25, 0.3) is 0 Å². The van der Waals surface area contributed by atoms with E-state index < -0.39 is 0 Å². The Balaban J connectivity index is 2.64. The van der Waals surface area contributed by atoms with Gasteiger partial charge in [0, 0.05) is 5.69 Å². The van der Waals surface area contributed by atoms with E-state index in [9.17, 15) is 0 Å². The van der Waals surface area contributed by atoms with Crippen molar-refractivity contribution < 1.29 is 0 Å². The molecule has 0 saturated heterocycles. The standard InChI is InChI=1S/C8H12N4S/c9-7-3-1-6(2-4-7)5-12(11)8(10)13/h1-4H,5,9,11H2,(H2,10,13). The van der Waals surface area contributed by atoms with E-state index in [1.54, 1.807) is 0 Å². The van der Waals surface area contributed by atoms with Crippen molar-refractivity contribution in [2.24, 2.45) is 11.6 Å². The molecule has 0 aliphatic carbocycles. The molecular formula is C8H12N4S. The van der Waals surface area contributed by atoms with Crippen LogP contribution in [-0.4, -0.2) is 10.1 Å². The number of benzene rings is 1. The van der Waals surface area contributed by atoms with Crippen molar-refractivity contribution in [3.8, 4) is 0 Å². The average molecular weight is 196 g/mol. The second-order valence-electron chi connectivity index (χ2n) is 2.71. The summed E-state index contributed by atoms with van der Waals surface area (Å²) in [4.78, 5) is 0. The Bertz CT molecular complexity index is 296. The first-order valence-electron chi connectivity index (χ1n) is 3.75. The molecule has 0 radical (unpaired) electrons. The van der Waals surface area contributed by atoms with Gasteiger partial charge in [-0.2, -0.15) is 0 Å². The molecule has 0 aliphatic rings. The van der Waals surface area contributed by atoms with E-state index >= 15 is 0 Å². The third-order valence-electron chi connectivity index (χ3n) is 1.62. The van der Waals surface area contributed by atoms with Crippen LogP contribution < -0.4 is 17.3 Å². The number of thiocarbonyl (C=S) groups is 1. The Hall–Kier alpha value is -1.33. The number of rotatable bonds is 2. The highest BCUT2D eigenvalue weighted by Gasteiger charge is 2.00. The monoisotopic (exact) mass is 196 g/mol. The Morgan fingerprint density at radius 1 is 1.31 bits per heavy atom. The van der Waals surface area contributed by atoms with Gasteiger partial charge >= 0.3 is 0 Å². The van der Waals surface area contributed by atoms with Gasteiger partial charge in [-0.25, -0.2) is 5.84 Å². The Morgan fingerprint density at radius 3 is 2.31 bits per heavy atom. The van der Waals surface area contributed by atoms with E-state index in [1.165, 1.54) is 5.01 Å². The van der Waals surface area contributed by atoms with Gasteiger partial charge in [-0.05, 0) is 29.9 Å². The van der Waals surface area contributed by atoms with Crippen LogP contribution in [0, 0.1) is 0 Å². The van der Waals surface area contributed by atoms with Gasteiger partial charge in [-0.1, -0.05) is 12.1 Å². The number of anilines is 1. The van der Waals surface area contributed by atoms with E-state index in [2.05, 4.69) is 0 Å². The third-order valence-corrected chi connectivity index (χ3v) is 1.85. The Labute approximate surface area is 82.3 Å². The molecule has 70 valence electrons. The Morgan fingerprint density at radius 2 is 1.85 bits per heavy atom. The lowest BCUT2D eigenvalue weighted by Crippen LogP contribution is -2.40. The molecular weight excluding hydrogens is 184 g/mol. The maximum atomic E-state index is 5.52. The fraction of sp³-hybridized carbons (Fsp3) is 0.125. The lowest BCUT2D eigenvalue weighted by Gasteiger charge is -2.15. The first kappa shape index (κ1) is 9.76. The first-order chi connectivity index (χ1) is 6.09. The van der Waals surface area contributed by atoms with Gasteiger partial charge in [0.05, 0.1) is 6.54 Å². The van der Waals surface area contributed by atoms with Crippen molar-refractivity contribution in [2.45, 2.75) is 6.54 Å². The maximum Gasteiger partial charge on any atom is 0.180 e. The molecule has 0 bridgehead atoms. The molecule has 13 heavy (non-hydrogen) atoms. The van der Waals surface area contributed by atoms with E-state index in [1.807, 2.05) is 24.3 Å². The van der Waals surface area contributed by atoms with Crippen LogP contribution in [0.15, 0.2) is 24.3 Å². The largest absolute Gasteiger partial charge is 0.399 e. The molecule has 0 heterocycles. The van der Waals surface area contributed by atoms with Crippen molar-refractivity contribution >= 4 is 23.0 Å². The number of nitrogen functional groups attached to an aromatic ring is 1. The van der Waals surface area contributed by atoms with Crippen molar-refractivity contribution in [3.05, 3.63) is 29.8 Å². The van der Waals surface area contributed by atoms with Crippen LogP contribution in [0.1, 0.15) is 5.56 Å². The van der Waals surface area contributed by atoms with E-state index in [-0.39, 0.29) is 5.11 Å². The summed E-state index contributed by atoms with van der Waals surface area (Å²) in [6.45, 7) is 0.496. The normalized spacial score (nSPS) is 9.62. The molecule has 5 heteroatoms. The van der Waals surface area contributed by atoms with Crippen molar-refractivity contribution in [1.82, 2.24) is 5.01 Å². The molecule has 1 aromatic rings. The highest BCUT2D eigenvalue weighted by Crippen LogP contribution is 2.06. The molecule has 0 saturated carbocycles. The fourth-order valence-corrected chi connectivity index (χ4v) is 0.962. The summed E-state index contributed by atoms with van der Waals surface area (Å²) >= 11 is 4.70. The number of hydrogen-bond acceptors (Lipinski definition) is 3. The number of nitrogens with two attached hydrogens (primary N) is 3. The Kier molecular flexibility index (Phi) is 3.05. The van der Waals surface area contributed by atoms with Crippen molar-refractivity contribution in [2.75, 3.05) is 5.73 Å². The zero-order valence-corrected chi connectivity index (χ0v) is 7.92. The molecule has 1 rings (SSSR count). The predicted molar refractivity (Wildman–Crippen MR) is 57.4 cm³/mol. The molecule has 0 unspecified atom stereocenters. The second kappa shape index (κ2) is 4.06. The van der Waals surface area contributed by atoms with Crippen LogP contribution in [0.5, 0.6) is 0 Å². The summed E-state index contributed by atoms with van der Waals surface area (Å²) < 4.78 is 0. The minimum Gasteiger partial charge on any atom is -0.399 e. The molecule has 0 amide bonds. The van der Waals surface area contributed by atoms with E-state index in [0.717, 1.165) is 11.3 Å². The molecule has 0 fully saturated rings. The summed E-state index contributed by atoms with van der Waals surface area (Å²) in [7, 11) is 0. The summed E-state index contributed by atoms with van der Waals surface area (Å²) in [6, 6.07) is 7.38. The number of hydrazine groups is 1. The van der Waals surface area contributed by atoms with Gasteiger partial charge in [-0.3, -0.25) is 5.01 Å². The highest BCUT2D eigenvalue weighted by atomic mass is 32.1. The predicted octanol–water partition coefficient (Wildman–Crippen LogP) is 0.188. The quantitative estimate of drug-likeness (QED) is 0.272. The molecule has 0 spiro atoms. The zero-order chi connectivity index (χ0) is 9.84. The van der Waals surface area contributed by atoms with Crippen LogP contribution in [0.3, 0.4) is 0 Å². The van der Waals surface area contributed by atoms with Gasteiger partial charge in [0.1, 0.15) is 0 Å². The van der Waals surface area contributed by atoms with E-state index in [0.29, 0.717) is 6.54 Å². The smallest absolute Gasteiger partial charge is 0.180 e. The molecule has 0 aromatic heterocycles. The van der Waals surface area contributed by atoms with Gasteiger partial charge in [0.25, 0.3) is 0 Å². The van der Waals surface area contributed by atoms with E-state index in [4.69, 9.17) is 29.5 Å². The lowest BCUT2D eigenvalue weighted by molar-refractivity contribution is 0.437. The summed E-state index contributed by atoms with van der Waals surface area (Å²) in [5.74, 6) is 5.52. The topological polar surface area (TPSA) is 81.3 Å². The molecule has 4 nitrogen and oxygen atoms in total. The summed E-state index contributed by atoms with van der Waals surface area (Å²) in [6.07, 6.45) is 0. The maximum absolute atomic E-state index is 5.52. The summed E-state index contributed by atoms with van der Waals surface area (Å²) in [5.41, 5.74) is 12.6. The minimum absolute atomic E-state index is 0.178. The molecule has 0 atom stereocenters. The van der Waals surface area contributed by atoms with Gasteiger partial charge in [0.15, 0.2) is 5.11 Å². The second-order valence-corrected chi connectivity index (χ2v) is 3.13. The fourth-order valence-electron chi connectivity index (χ4n) is 0.898. The van der Waals surface area contributed by atoms with Crippen LogP contribution in [0.4, 0.5) is 5.69 Å². The zero-order valence-electron chi connectivity index (χ0n) is 7.10. The minimum atomic E-state index is 0.178. The highest BCUT2D eigenvalue weighted by molar-refractivity contribution is 7.80. The van der Waals surface area contributed by atoms with Crippen molar-refractivity contribution in [3.63, 3.8) is 0 Å². The van der Waals surface area contributed by atoms with Crippen molar-refractivity contribution in [1.29, 1.82) is 0 Å². The van der Waals surface area contributed by atoms with Gasteiger partial charge in [-0.15, -0.1) is 0 Å². The van der Waals surface area contributed by atoms with Gasteiger partial charge in [0.2, 0.25) is 0 Å². The first-order valence-corrected chi connectivity index (χ1v) is 4.16.